The molecule has 2 N–H and O–H groups in total. The van der Waals surface area contributed by atoms with Crippen molar-refractivity contribution in [2.75, 3.05) is 37.9 Å². The molecule has 0 spiro atoms. The van der Waals surface area contributed by atoms with Crippen LogP contribution in [0.25, 0.3) is 0 Å². The van der Waals surface area contributed by atoms with Crippen LogP contribution in [0.15, 0.2) is 48.5 Å². The predicted octanol–water partition coefficient (Wildman–Crippen LogP) is 2.84. The lowest BCUT2D eigenvalue weighted by Crippen LogP contribution is -2.23. The Morgan fingerprint density at radius 2 is 1.76 bits per heavy atom. The number of hydrogen-bond acceptors (Lipinski definition) is 4. The molecule has 0 aliphatic rings. The fourth-order valence-electron chi connectivity index (χ4n) is 2.24. The Hall–Kier alpha value is -3.02. The van der Waals surface area contributed by atoms with Gasteiger partial charge < -0.3 is 20.3 Å². The van der Waals surface area contributed by atoms with Gasteiger partial charge in [-0.25, -0.2) is 0 Å². The van der Waals surface area contributed by atoms with E-state index in [9.17, 15) is 9.59 Å². The Bertz CT molecular complexity index is 744. The highest BCUT2D eigenvalue weighted by Gasteiger charge is 2.09. The minimum Gasteiger partial charge on any atom is -0.494 e. The molecule has 0 heterocycles. The molecular formula is C19H23N3O3. The molecule has 0 atom stereocenters. The molecule has 132 valence electrons. The first-order chi connectivity index (χ1) is 12.0. The maximum Gasteiger partial charge on any atom is 0.253 e. The molecule has 2 aromatic rings. The van der Waals surface area contributed by atoms with Crippen LogP contribution in [0.2, 0.25) is 0 Å². The van der Waals surface area contributed by atoms with E-state index in [1.54, 1.807) is 44.4 Å². The van der Waals surface area contributed by atoms with E-state index < -0.39 is 0 Å². The largest absolute Gasteiger partial charge is 0.494 e. The molecule has 0 radical (unpaired) electrons. The van der Waals surface area contributed by atoms with Gasteiger partial charge in [0.25, 0.3) is 5.91 Å². The first kappa shape index (κ1) is 18.3. The number of carbonyl (C=O) groups is 2. The number of hydrogen-bond donors (Lipinski definition) is 2. The minimum absolute atomic E-state index is 0.0826. The molecule has 0 aliphatic carbocycles. The molecule has 6 heteroatoms. The van der Waals surface area contributed by atoms with Crippen molar-refractivity contribution in [1.82, 2.24) is 4.90 Å². The van der Waals surface area contributed by atoms with Crippen molar-refractivity contribution >= 4 is 23.2 Å². The van der Waals surface area contributed by atoms with Gasteiger partial charge in [-0.3, -0.25) is 9.59 Å². The zero-order valence-electron chi connectivity index (χ0n) is 14.7. The number of nitrogens with one attached hydrogen (secondary N) is 2. The summed E-state index contributed by atoms with van der Waals surface area (Å²) in [5.74, 6) is 0.446. The average molecular weight is 341 g/mol. The van der Waals surface area contributed by atoms with E-state index in [4.69, 9.17) is 4.74 Å². The molecule has 25 heavy (non-hydrogen) atoms. The number of rotatable bonds is 7. The van der Waals surface area contributed by atoms with E-state index in [1.807, 2.05) is 25.1 Å². The highest BCUT2D eigenvalue weighted by Crippen LogP contribution is 2.17. The van der Waals surface area contributed by atoms with Crippen molar-refractivity contribution in [3.63, 3.8) is 0 Å². The summed E-state index contributed by atoms with van der Waals surface area (Å²) >= 11 is 0. The summed E-state index contributed by atoms with van der Waals surface area (Å²) in [6.07, 6.45) is 0. The minimum atomic E-state index is -0.182. The van der Waals surface area contributed by atoms with Crippen LogP contribution in [-0.4, -0.2) is 44.0 Å². The summed E-state index contributed by atoms with van der Waals surface area (Å²) in [4.78, 5) is 25.6. The lowest BCUT2D eigenvalue weighted by molar-refractivity contribution is -0.114. The zero-order chi connectivity index (χ0) is 18.2. The zero-order valence-corrected chi connectivity index (χ0v) is 14.7. The van der Waals surface area contributed by atoms with Gasteiger partial charge in [0.1, 0.15) is 5.75 Å². The molecule has 2 rings (SSSR count). The average Bonchev–Trinajstić information content (AvgIpc) is 2.60. The number of nitrogens with zero attached hydrogens (tertiary/aromatic N) is 1. The van der Waals surface area contributed by atoms with Crippen molar-refractivity contribution in [2.45, 2.75) is 6.92 Å². The van der Waals surface area contributed by atoms with Crippen molar-refractivity contribution in [3.8, 4) is 5.75 Å². The highest BCUT2D eigenvalue weighted by molar-refractivity contribution is 5.96. The molecule has 0 saturated heterocycles. The number of benzene rings is 2. The van der Waals surface area contributed by atoms with Crippen LogP contribution in [0, 0.1) is 0 Å². The first-order valence-corrected chi connectivity index (χ1v) is 8.08. The first-order valence-electron chi connectivity index (χ1n) is 8.08. The van der Waals surface area contributed by atoms with E-state index in [2.05, 4.69) is 10.6 Å². The van der Waals surface area contributed by atoms with Crippen molar-refractivity contribution in [2.24, 2.45) is 0 Å². The topological polar surface area (TPSA) is 70.7 Å². The second-order valence-electron chi connectivity index (χ2n) is 5.64. The summed E-state index contributed by atoms with van der Waals surface area (Å²) in [6, 6.07) is 14.3. The van der Waals surface area contributed by atoms with Crippen LogP contribution in [0.3, 0.4) is 0 Å². The lowest BCUT2D eigenvalue weighted by atomic mass is 10.2. The SMILES string of the molecule is CCOc1cccc(NC(=O)CNc2cccc(C(=O)N(C)C)c2)c1. The Labute approximate surface area is 147 Å². The summed E-state index contributed by atoms with van der Waals surface area (Å²) in [5.41, 5.74) is 1.96. The van der Waals surface area contributed by atoms with E-state index >= 15 is 0 Å². The quantitative estimate of drug-likeness (QED) is 0.812. The maximum absolute atomic E-state index is 12.1. The Kier molecular flexibility index (Phi) is 6.39. The van der Waals surface area contributed by atoms with Crippen LogP contribution in [0.4, 0.5) is 11.4 Å². The molecular weight excluding hydrogens is 318 g/mol. The number of amides is 2. The number of anilines is 2. The van der Waals surface area contributed by atoms with Crippen LogP contribution in [0.5, 0.6) is 5.75 Å². The summed E-state index contributed by atoms with van der Waals surface area (Å²) in [5, 5.41) is 5.83. The van der Waals surface area contributed by atoms with Crippen molar-refractivity contribution in [1.29, 1.82) is 0 Å². The third kappa shape index (κ3) is 5.53. The summed E-state index contributed by atoms with van der Waals surface area (Å²) in [6.45, 7) is 2.57. The smallest absolute Gasteiger partial charge is 0.253 e. The molecule has 0 fully saturated rings. The van der Waals surface area contributed by atoms with Gasteiger partial charge in [-0.15, -0.1) is 0 Å². The van der Waals surface area contributed by atoms with Gasteiger partial charge in [0.2, 0.25) is 5.91 Å². The number of ether oxygens (including phenoxy) is 1. The molecule has 0 bridgehead atoms. The molecule has 0 aromatic heterocycles. The van der Waals surface area contributed by atoms with Gasteiger partial charge in [-0.05, 0) is 37.3 Å². The van der Waals surface area contributed by atoms with E-state index in [0.717, 1.165) is 0 Å². The fourth-order valence-corrected chi connectivity index (χ4v) is 2.24. The molecule has 2 aromatic carbocycles. The van der Waals surface area contributed by atoms with Gasteiger partial charge >= 0.3 is 0 Å². The van der Waals surface area contributed by atoms with Gasteiger partial charge in [-0.2, -0.15) is 0 Å². The van der Waals surface area contributed by atoms with Crippen LogP contribution >= 0.6 is 0 Å². The monoisotopic (exact) mass is 341 g/mol. The van der Waals surface area contributed by atoms with E-state index in [0.29, 0.717) is 29.3 Å². The second kappa shape index (κ2) is 8.73. The molecule has 6 nitrogen and oxygen atoms in total. The third-order valence-corrected chi connectivity index (χ3v) is 3.40. The van der Waals surface area contributed by atoms with Gasteiger partial charge in [0, 0.05) is 37.1 Å². The van der Waals surface area contributed by atoms with Gasteiger partial charge in [0.05, 0.1) is 13.2 Å². The predicted molar refractivity (Wildman–Crippen MR) is 99.2 cm³/mol. The molecule has 0 saturated carbocycles. The molecule has 0 unspecified atom stereocenters. The summed E-state index contributed by atoms with van der Waals surface area (Å²) in [7, 11) is 3.40. The van der Waals surface area contributed by atoms with Crippen LogP contribution in [-0.2, 0) is 4.79 Å². The van der Waals surface area contributed by atoms with E-state index in [1.165, 1.54) is 4.90 Å². The third-order valence-electron chi connectivity index (χ3n) is 3.40. The maximum atomic E-state index is 12.1. The lowest BCUT2D eigenvalue weighted by Gasteiger charge is -2.12. The molecule has 0 aliphatic heterocycles. The van der Waals surface area contributed by atoms with Crippen LogP contribution in [0.1, 0.15) is 17.3 Å². The van der Waals surface area contributed by atoms with Crippen molar-refractivity contribution in [3.05, 3.63) is 54.1 Å². The van der Waals surface area contributed by atoms with Gasteiger partial charge in [0.15, 0.2) is 0 Å². The molecule has 2 amide bonds. The summed E-state index contributed by atoms with van der Waals surface area (Å²) < 4.78 is 5.41. The standard InChI is InChI=1S/C19H23N3O3/c1-4-25-17-10-6-9-16(12-17)21-18(23)13-20-15-8-5-7-14(11-15)19(24)22(2)3/h5-12,20H,4,13H2,1-3H3,(H,21,23). The Morgan fingerprint density at radius 1 is 1.04 bits per heavy atom. The fraction of sp³-hybridized carbons (Fsp3) is 0.263. The van der Waals surface area contributed by atoms with E-state index in [-0.39, 0.29) is 18.4 Å². The Balaban J connectivity index is 1.93. The van der Waals surface area contributed by atoms with Crippen LogP contribution < -0.4 is 15.4 Å². The van der Waals surface area contributed by atoms with Crippen molar-refractivity contribution < 1.29 is 14.3 Å². The van der Waals surface area contributed by atoms with Gasteiger partial charge in [-0.1, -0.05) is 12.1 Å². The highest BCUT2D eigenvalue weighted by atomic mass is 16.5. The number of carbonyl (C=O) groups excluding carboxylic acids is 2. The second-order valence-corrected chi connectivity index (χ2v) is 5.64. The normalized spacial score (nSPS) is 10.0. The Morgan fingerprint density at radius 3 is 2.48 bits per heavy atom.